The first kappa shape index (κ1) is 11.8. The molecule has 1 aliphatic carbocycles. The molecule has 0 bridgehead atoms. The van der Waals surface area contributed by atoms with Crippen molar-refractivity contribution in [3.8, 4) is 0 Å². The number of benzene rings is 1. The van der Waals surface area contributed by atoms with E-state index in [1.54, 1.807) is 12.1 Å². The van der Waals surface area contributed by atoms with Crippen LogP contribution in [0.25, 0.3) is 0 Å². The topological polar surface area (TPSA) is 55.2 Å². The summed E-state index contributed by atoms with van der Waals surface area (Å²) >= 11 is 0. The van der Waals surface area contributed by atoms with Crippen molar-refractivity contribution in [3.05, 3.63) is 52.1 Å². The Kier molecular flexibility index (Phi) is 3.88. The van der Waals surface area contributed by atoms with Gasteiger partial charge in [0.25, 0.3) is 5.69 Å². The van der Waals surface area contributed by atoms with Gasteiger partial charge in [-0.1, -0.05) is 30.4 Å². The first-order valence-corrected chi connectivity index (χ1v) is 5.88. The summed E-state index contributed by atoms with van der Waals surface area (Å²) in [5.74, 6) is 0. The molecule has 1 aromatic rings. The molecular weight excluding hydrogens is 216 g/mol. The lowest BCUT2D eigenvalue weighted by Crippen LogP contribution is -2.28. The number of hydrogen-bond acceptors (Lipinski definition) is 3. The molecule has 4 heteroatoms. The molecule has 0 aliphatic heterocycles. The van der Waals surface area contributed by atoms with Crippen LogP contribution in [-0.4, -0.2) is 17.5 Å². The molecule has 0 spiro atoms. The zero-order valence-corrected chi connectivity index (χ0v) is 9.63. The van der Waals surface area contributed by atoms with Gasteiger partial charge in [0.2, 0.25) is 0 Å². The molecule has 1 aliphatic rings. The molecule has 0 aromatic heterocycles. The number of nitrogens with zero attached hydrogens (tertiary/aromatic N) is 1. The second-order valence-electron chi connectivity index (χ2n) is 4.23. The Morgan fingerprint density at radius 3 is 2.71 bits per heavy atom. The monoisotopic (exact) mass is 232 g/mol. The molecule has 0 radical (unpaired) electrons. The van der Waals surface area contributed by atoms with Gasteiger partial charge in [-0.2, -0.15) is 0 Å². The highest BCUT2D eigenvalue weighted by molar-refractivity contribution is 5.39. The van der Waals surface area contributed by atoms with Crippen molar-refractivity contribution in [2.75, 3.05) is 6.54 Å². The van der Waals surface area contributed by atoms with Crippen LogP contribution < -0.4 is 5.32 Å². The van der Waals surface area contributed by atoms with Gasteiger partial charge < -0.3 is 5.32 Å². The van der Waals surface area contributed by atoms with Crippen LogP contribution in [0.5, 0.6) is 0 Å². The molecule has 0 fully saturated rings. The minimum atomic E-state index is -0.313. The fraction of sp³-hybridized carbons (Fsp3) is 0.385. The van der Waals surface area contributed by atoms with Crippen LogP contribution in [0.1, 0.15) is 18.4 Å². The van der Waals surface area contributed by atoms with Crippen LogP contribution in [-0.2, 0) is 6.42 Å². The molecule has 1 aromatic carbocycles. The van der Waals surface area contributed by atoms with E-state index in [1.807, 2.05) is 12.1 Å². The van der Waals surface area contributed by atoms with Gasteiger partial charge in [0.15, 0.2) is 0 Å². The molecule has 0 amide bonds. The highest BCUT2D eigenvalue weighted by Gasteiger charge is 2.13. The Hall–Kier alpha value is -1.68. The van der Waals surface area contributed by atoms with Gasteiger partial charge in [0.05, 0.1) is 4.92 Å². The van der Waals surface area contributed by atoms with Crippen molar-refractivity contribution < 1.29 is 4.92 Å². The van der Waals surface area contributed by atoms with E-state index in [2.05, 4.69) is 17.5 Å². The summed E-state index contributed by atoms with van der Waals surface area (Å²) in [5, 5.41) is 14.2. The van der Waals surface area contributed by atoms with E-state index in [4.69, 9.17) is 0 Å². The van der Waals surface area contributed by atoms with E-state index in [9.17, 15) is 10.1 Å². The lowest BCUT2D eigenvalue weighted by molar-refractivity contribution is -0.385. The SMILES string of the molecule is O=[N+]([O-])c1ccccc1CCNC1CC=CC1. The summed E-state index contributed by atoms with van der Waals surface area (Å²) in [6, 6.07) is 7.45. The van der Waals surface area contributed by atoms with E-state index in [0.717, 1.165) is 24.9 Å². The van der Waals surface area contributed by atoms with E-state index >= 15 is 0 Å². The second kappa shape index (κ2) is 5.59. The number of para-hydroxylation sites is 1. The number of rotatable bonds is 5. The van der Waals surface area contributed by atoms with Gasteiger partial charge in [-0.15, -0.1) is 0 Å². The Labute approximate surface area is 100 Å². The Morgan fingerprint density at radius 1 is 1.29 bits per heavy atom. The summed E-state index contributed by atoms with van der Waals surface area (Å²) in [6.45, 7) is 0.789. The largest absolute Gasteiger partial charge is 0.313 e. The third-order valence-electron chi connectivity index (χ3n) is 3.02. The Morgan fingerprint density at radius 2 is 2.00 bits per heavy atom. The quantitative estimate of drug-likeness (QED) is 0.482. The summed E-state index contributed by atoms with van der Waals surface area (Å²) in [5.41, 5.74) is 1.02. The van der Waals surface area contributed by atoms with Crippen LogP contribution in [0.2, 0.25) is 0 Å². The van der Waals surface area contributed by atoms with Crippen LogP contribution in [0.4, 0.5) is 5.69 Å². The number of nitrogens with one attached hydrogen (secondary N) is 1. The molecule has 0 saturated heterocycles. The minimum Gasteiger partial charge on any atom is -0.313 e. The van der Waals surface area contributed by atoms with Crippen molar-refractivity contribution in [1.82, 2.24) is 5.32 Å². The van der Waals surface area contributed by atoms with E-state index < -0.39 is 0 Å². The molecule has 90 valence electrons. The zero-order valence-electron chi connectivity index (χ0n) is 9.63. The van der Waals surface area contributed by atoms with E-state index in [1.165, 1.54) is 0 Å². The minimum absolute atomic E-state index is 0.221. The predicted molar refractivity (Wildman–Crippen MR) is 67.0 cm³/mol. The fourth-order valence-electron chi connectivity index (χ4n) is 2.10. The smallest absolute Gasteiger partial charge is 0.272 e. The molecule has 0 heterocycles. The maximum atomic E-state index is 10.8. The number of hydrogen-bond donors (Lipinski definition) is 1. The third-order valence-corrected chi connectivity index (χ3v) is 3.02. The van der Waals surface area contributed by atoms with Crippen molar-refractivity contribution in [2.45, 2.75) is 25.3 Å². The Bertz CT molecular complexity index is 421. The van der Waals surface area contributed by atoms with Crippen molar-refractivity contribution in [2.24, 2.45) is 0 Å². The Balaban J connectivity index is 1.87. The maximum Gasteiger partial charge on any atom is 0.272 e. The van der Waals surface area contributed by atoms with Crippen molar-refractivity contribution in [3.63, 3.8) is 0 Å². The molecule has 0 saturated carbocycles. The van der Waals surface area contributed by atoms with Gasteiger partial charge in [-0.05, 0) is 25.8 Å². The molecule has 0 atom stereocenters. The third kappa shape index (κ3) is 3.14. The highest BCUT2D eigenvalue weighted by atomic mass is 16.6. The second-order valence-corrected chi connectivity index (χ2v) is 4.23. The normalized spacial score (nSPS) is 15.3. The molecule has 4 nitrogen and oxygen atoms in total. The number of nitro benzene ring substituents is 1. The summed E-state index contributed by atoms with van der Waals surface area (Å²) in [6.07, 6.45) is 7.17. The lowest BCUT2D eigenvalue weighted by atomic mass is 10.1. The first-order chi connectivity index (χ1) is 8.27. The molecule has 2 rings (SSSR count). The molecular formula is C13H16N2O2. The zero-order chi connectivity index (χ0) is 12.1. The molecule has 17 heavy (non-hydrogen) atoms. The van der Waals surface area contributed by atoms with Crippen LogP contribution >= 0.6 is 0 Å². The van der Waals surface area contributed by atoms with Crippen molar-refractivity contribution >= 4 is 5.69 Å². The van der Waals surface area contributed by atoms with Gasteiger partial charge in [0, 0.05) is 17.7 Å². The van der Waals surface area contributed by atoms with Gasteiger partial charge in [-0.3, -0.25) is 10.1 Å². The van der Waals surface area contributed by atoms with E-state index in [-0.39, 0.29) is 10.6 Å². The standard InChI is InChI=1S/C13H16N2O2/c16-15(17)13-8-4-1-5-11(13)9-10-14-12-6-2-3-7-12/h1-5,8,12,14H,6-7,9-10H2. The van der Waals surface area contributed by atoms with Gasteiger partial charge in [-0.25, -0.2) is 0 Å². The first-order valence-electron chi connectivity index (χ1n) is 5.88. The highest BCUT2D eigenvalue weighted by Crippen LogP contribution is 2.18. The average molecular weight is 232 g/mol. The van der Waals surface area contributed by atoms with Gasteiger partial charge in [0.1, 0.15) is 0 Å². The van der Waals surface area contributed by atoms with E-state index in [0.29, 0.717) is 12.5 Å². The molecule has 1 N–H and O–H groups in total. The van der Waals surface area contributed by atoms with Gasteiger partial charge >= 0.3 is 0 Å². The summed E-state index contributed by atoms with van der Waals surface area (Å²) in [4.78, 5) is 10.5. The maximum absolute atomic E-state index is 10.8. The number of nitro groups is 1. The summed E-state index contributed by atoms with van der Waals surface area (Å²) in [7, 11) is 0. The molecule has 0 unspecified atom stereocenters. The van der Waals surface area contributed by atoms with Crippen LogP contribution in [0, 0.1) is 10.1 Å². The predicted octanol–water partition coefficient (Wildman–Crippen LogP) is 2.45. The van der Waals surface area contributed by atoms with Crippen LogP contribution in [0.3, 0.4) is 0 Å². The summed E-state index contributed by atoms with van der Waals surface area (Å²) < 4.78 is 0. The lowest BCUT2D eigenvalue weighted by Gasteiger charge is -2.11. The van der Waals surface area contributed by atoms with Crippen LogP contribution in [0.15, 0.2) is 36.4 Å². The van der Waals surface area contributed by atoms with Crippen molar-refractivity contribution in [1.29, 1.82) is 0 Å². The fourth-order valence-corrected chi connectivity index (χ4v) is 2.10. The average Bonchev–Trinajstić information content (AvgIpc) is 2.82.